The van der Waals surface area contributed by atoms with Gasteiger partial charge in [0.25, 0.3) is 0 Å². The lowest BCUT2D eigenvalue weighted by atomic mass is 9.58. The van der Waals surface area contributed by atoms with Gasteiger partial charge in [0, 0.05) is 1.43 Å². The van der Waals surface area contributed by atoms with Gasteiger partial charge >= 0.3 is 18.6 Å². The maximum atomic E-state index is 12.8. The summed E-state index contributed by atoms with van der Waals surface area (Å²) in [5, 5.41) is 0. The molecule has 0 radical (unpaired) electrons. The molecule has 3 saturated heterocycles. The number of ether oxygens (including phenoxy) is 2. The molecule has 174 valence electrons. The third-order valence-corrected chi connectivity index (χ3v) is 8.14. The molecule has 3 heterocycles. The van der Waals surface area contributed by atoms with E-state index in [2.05, 4.69) is 0 Å². The van der Waals surface area contributed by atoms with Crippen LogP contribution in [0.4, 0.5) is 0 Å². The number of hydrogen-bond acceptors (Lipinski definition) is 6. The number of carbonyl (C=O) groups excluding carboxylic acids is 2. The van der Waals surface area contributed by atoms with Gasteiger partial charge in [-0.25, -0.2) is 0 Å². The van der Waals surface area contributed by atoms with E-state index in [4.69, 9.17) is 18.8 Å². The molecule has 3 aliphatic heterocycles. The lowest BCUT2D eigenvalue weighted by molar-refractivity contribution is -0.846. The van der Waals surface area contributed by atoms with Crippen molar-refractivity contribution in [1.82, 2.24) is 0 Å². The number of nitrogens with zero attached hydrogens (tertiary/aromatic N) is 1. The van der Waals surface area contributed by atoms with Crippen molar-refractivity contribution in [1.29, 1.82) is 0 Å². The first kappa shape index (κ1) is 20.9. The molecule has 1 saturated carbocycles. The van der Waals surface area contributed by atoms with Gasteiger partial charge in [-0.3, -0.25) is 9.59 Å². The second-order valence-corrected chi connectivity index (χ2v) is 9.97. The van der Waals surface area contributed by atoms with E-state index < -0.39 is 18.3 Å². The number of quaternary nitrogens is 1. The van der Waals surface area contributed by atoms with Crippen molar-refractivity contribution in [2.45, 2.75) is 56.5 Å². The lowest BCUT2D eigenvalue weighted by Gasteiger charge is -2.49. The molecule has 0 spiro atoms. The maximum absolute atomic E-state index is 12.8. The van der Waals surface area contributed by atoms with Crippen molar-refractivity contribution in [3.05, 3.63) is 71.8 Å². The van der Waals surface area contributed by atoms with Crippen LogP contribution in [0.25, 0.3) is 0 Å². The third-order valence-electron chi connectivity index (χ3n) is 8.14. The Morgan fingerprint density at radius 2 is 1.64 bits per heavy atom. The van der Waals surface area contributed by atoms with E-state index in [0.29, 0.717) is 6.61 Å². The number of rotatable bonds is 6. The highest BCUT2D eigenvalue weighted by Gasteiger charge is 2.82. The summed E-state index contributed by atoms with van der Waals surface area (Å²) in [5.41, 5.74) is 1.42. The predicted molar refractivity (Wildman–Crippen MR) is 121 cm³/mol. The summed E-state index contributed by atoms with van der Waals surface area (Å²) in [7, 11) is 0. The Balaban J connectivity index is 0.00000241. The highest BCUT2D eigenvalue weighted by molar-refractivity contribution is 6.68. The van der Waals surface area contributed by atoms with Crippen LogP contribution in [-0.2, 0) is 40.6 Å². The quantitative estimate of drug-likeness (QED) is 0.497. The molecular formula is C25H30BNO6. The average Bonchev–Trinajstić information content (AvgIpc) is 3.08. The zero-order valence-corrected chi connectivity index (χ0v) is 18.7. The van der Waals surface area contributed by atoms with Gasteiger partial charge in [-0.1, -0.05) is 60.7 Å². The van der Waals surface area contributed by atoms with Crippen LogP contribution in [0.5, 0.6) is 0 Å². The molecule has 1 aliphatic carbocycles. The smallest absolute Gasteiger partial charge is 0.598 e. The molecule has 6 rings (SSSR count). The van der Waals surface area contributed by atoms with Gasteiger partial charge in [-0.15, -0.1) is 0 Å². The van der Waals surface area contributed by atoms with Crippen LogP contribution in [0.3, 0.4) is 0 Å². The van der Waals surface area contributed by atoms with Crippen molar-refractivity contribution >= 4 is 18.6 Å². The Bertz CT molecular complexity index is 1070. The van der Waals surface area contributed by atoms with Crippen LogP contribution >= 0.6 is 0 Å². The van der Waals surface area contributed by atoms with Crippen molar-refractivity contribution in [2.24, 2.45) is 0 Å². The molecule has 0 bridgehead atoms. The molecule has 0 amide bonds. The van der Waals surface area contributed by atoms with Gasteiger partial charge < -0.3 is 23.2 Å². The Morgan fingerprint density at radius 1 is 1.00 bits per heavy atom. The van der Waals surface area contributed by atoms with Gasteiger partial charge in [0.05, 0.1) is 18.2 Å². The van der Waals surface area contributed by atoms with Crippen molar-refractivity contribution in [3.8, 4) is 0 Å². The number of carbonyl (C=O) groups is 2. The molecule has 0 aromatic heterocycles. The van der Waals surface area contributed by atoms with E-state index in [9.17, 15) is 9.59 Å². The number of hydrogen-bond donors (Lipinski definition) is 0. The zero-order valence-electron chi connectivity index (χ0n) is 18.7. The molecule has 2 aromatic rings. The molecule has 8 heteroatoms. The number of benzene rings is 2. The Morgan fingerprint density at radius 3 is 2.30 bits per heavy atom. The van der Waals surface area contributed by atoms with E-state index in [1.807, 2.05) is 67.6 Å². The number of epoxide rings is 1. The van der Waals surface area contributed by atoms with Crippen LogP contribution in [0.2, 0.25) is 0 Å². The summed E-state index contributed by atoms with van der Waals surface area (Å²) < 4.78 is 24.8. The fourth-order valence-corrected chi connectivity index (χ4v) is 6.56. The fraction of sp³-hybridized carbons (Fsp3) is 0.440. The maximum Gasteiger partial charge on any atom is 0.615 e. The predicted octanol–water partition coefficient (Wildman–Crippen LogP) is 3.09. The fourth-order valence-electron chi connectivity index (χ4n) is 6.56. The van der Waals surface area contributed by atoms with Crippen LogP contribution in [-0.4, -0.2) is 54.3 Å². The normalized spacial score (nSPS) is 39.2. The van der Waals surface area contributed by atoms with Crippen LogP contribution in [0.1, 0.15) is 38.7 Å². The summed E-state index contributed by atoms with van der Waals surface area (Å²) in [4.78, 5) is 25.6. The molecule has 2 aromatic carbocycles. The summed E-state index contributed by atoms with van der Waals surface area (Å²) in [6.07, 6.45) is 2.62. The summed E-state index contributed by atoms with van der Waals surface area (Å²) >= 11 is 0. The van der Waals surface area contributed by atoms with E-state index >= 15 is 0 Å². The SMILES string of the molecule is C[C@@]1(c2ccccc2)O[C@H]1[B-]12OC(=O)C[N+]1([C@@H]1CCC[C@H]1OCc1ccccc1)CC(=O)O2.[HH]. The van der Waals surface area contributed by atoms with Gasteiger partial charge in [-0.2, -0.15) is 0 Å². The minimum absolute atomic E-state index is 0. The van der Waals surface area contributed by atoms with Crippen molar-refractivity contribution in [2.75, 3.05) is 13.1 Å². The molecule has 4 atom stereocenters. The van der Waals surface area contributed by atoms with E-state index in [0.717, 1.165) is 30.4 Å². The van der Waals surface area contributed by atoms with E-state index in [-0.39, 0.29) is 43.0 Å². The van der Waals surface area contributed by atoms with Gasteiger partial charge in [0.2, 0.25) is 0 Å². The van der Waals surface area contributed by atoms with Crippen molar-refractivity contribution < 1.29 is 34.2 Å². The van der Waals surface area contributed by atoms with Crippen LogP contribution in [0, 0.1) is 0 Å². The largest absolute Gasteiger partial charge is 0.615 e. The summed E-state index contributed by atoms with van der Waals surface area (Å²) in [6.45, 7) is 0.353. The highest BCUT2D eigenvalue weighted by atomic mass is 16.7. The second-order valence-electron chi connectivity index (χ2n) is 9.97. The molecular weight excluding hydrogens is 421 g/mol. The van der Waals surface area contributed by atoms with Gasteiger partial charge in [-0.05, 0) is 37.3 Å². The third kappa shape index (κ3) is 3.08. The Labute approximate surface area is 194 Å². The highest BCUT2D eigenvalue weighted by Crippen LogP contribution is 2.57. The minimum Gasteiger partial charge on any atom is -0.598 e. The lowest BCUT2D eigenvalue weighted by Crippen LogP contribution is -2.72. The second kappa shape index (κ2) is 7.42. The van der Waals surface area contributed by atoms with Gasteiger partial charge in [0.1, 0.15) is 25.2 Å². The van der Waals surface area contributed by atoms with Crippen LogP contribution in [0.15, 0.2) is 60.7 Å². The van der Waals surface area contributed by atoms with Crippen molar-refractivity contribution in [3.63, 3.8) is 0 Å². The minimum atomic E-state index is -2.36. The topological polar surface area (TPSA) is 74.4 Å². The van der Waals surface area contributed by atoms with E-state index in [1.165, 1.54) is 0 Å². The molecule has 33 heavy (non-hydrogen) atoms. The molecule has 0 N–H and O–H groups in total. The Kier molecular flexibility index (Phi) is 4.70. The molecule has 7 nitrogen and oxygen atoms in total. The first-order chi connectivity index (χ1) is 16.0. The summed E-state index contributed by atoms with van der Waals surface area (Å²) in [5.74, 6) is -0.663. The Hall–Kier alpha value is -2.68. The first-order valence-electron chi connectivity index (χ1n) is 11.8. The molecule has 4 fully saturated rings. The monoisotopic (exact) mass is 451 g/mol. The number of fused-ring (bicyclic) bond motifs is 1. The van der Waals surface area contributed by atoms with Crippen LogP contribution < -0.4 is 0 Å². The molecule has 0 unspecified atom stereocenters. The van der Waals surface area contributed by atoms with E-state index in [1.54, 1.807) is 0 Å². The standard InChI is InChI=1S/C25H28BNO6.H2/c1-25(19-11-6-3-7-12-19)24(31-25)26-27(15-22(28)32-26,16-23(29)33-26)20-13-8-14-21(20)30-17-18-9-4-2-5-10-18;/h2-7,9-12,20-21,24H,8,13-17H2,1H3;1H/t20-,21-,24-,25+,26?,27?;/m1./s1. The summed E-state index contributed by atoms with van der Waals surface area (Å²) in [6, 6.07) is 19.3. The van der Waals surface area contributed by atoms with Gasteiger partial charge in [0.15, 0.2) is 0 Å². The average molecular weight is 451 g/mol. The molecule has 4 aliphatic rings. The zero-order chi connectivity index (χ0) is 22.7. The first-order valence-corrected chi connectivity index (χ1v) is 11.8.